The Hall–Kier alpha value is -2.29. The van der Waals surface area contributed by atoms with Crippen LogP contribution in [0.5, 0.6) is 11.5 Å². The monoisotopic (exact) mass is 471 g/mol. The average molecular weight is 472 g/mol. The van der Waals surface area contributed by atoms with Crippen LogP contribution in [0.25, 0.3) is 10.2 Å². The van der Waals surface area contributed by atoms with Crippen molar-refractivity contribution in [1.29, 1.82) is 0 Å². The highest BCUT2D eigenvalue weighted by molar-refractivity contribution is 7.99. The molecule has 0 aliphatic carbocycles. The highest BCUT2D eigenvalue weighted by Gasteiger charge is 2.22. The largest absolute Gasteiger partial charge is 0.486 e. The van der Waals surface area contributed by atoms with Gasteiger partial charge in [0.05, 0.1) is 10.2 Å². The van der Waals surface area contributed by atoms with Gasteiger partial charge in [-0.2, -0.15) is 0 Å². The van der Waals surface area contributed by atoms with Crippen molar-refractivity contribution in [3.05, 3.63) is 42.5 Å². The summed E-state index contributed by atoms with van der Waals surface area (Å²) < 4.78 is 12.4. The third-order valence-electron chi connectivity index (χ3n) is 5.44. The van der Waals surface area contributed by atoms with Crippen molar-refractivity contribution >= 4 is 44.4 Å². The molecule has 0 N–H and O–H groups in total. The zero-order valence-corrected chi connectivity index (χ0v) is 20.2. The maximum Gasteiger partial charge on any atom is 0.229 e. The zero-order chi connectivity index (χ0) is 22.3. The molecule has 170 valence electrons. The van der Waals surface area contributed by atoms with E-state index >= 15 is 0 Å². The van der Waals surface area contributed by atoms with Gasteiger partial charge in [-0.25, -0.2) is 4.98 Å². The van der Waals surface area contributed by atoms with E-state index in [0.717, 1.165) is 52.2 Å². The normalized spacial score (nSPS) is 13.0. The molecule has 2 heterocycles. The fourth-order valence-electron chi connectivity index (χ4n) is 3.58. The van der Waals surface area contributed by atoms with E-state index in [0.29, 0.717) is 26.2 Å². The van der Waals surface area contributed by atoms with Gasteiger partial charge < -0.3 is 14.4 Å². The van der Waals surface area contributed by atoms with Crippen molar-refractivity contribution in [1.82, 2.24) is 9.88 Å². The van der Waals surface area contributed by atoms with E-state index in [1.807, 2.05) is 35.2 Å². The summed E-state index contributed by atoms with van der Waals surface area (Å²) in [5, 5.41) is 0.740. The number of hydrogen-bond acceptors (Lipinski definition) is 7. The Morgan fingerprint density at radius 1 is 1.06 bits per heavy atom. The number of anilines is 1. The molecule has 4 rings (SSSR count). The number of aromatic nitrogens is 1. The predicted molar refractivity (Wildman–Crippen MR) is 133 cm³/mol. The molecule has 0 spiro atoms. The number of rotatable bonds is 10. The van der Waals surface area contributed by atoms with Gasteiger partial charge in [-0.15, -0.1) is 11.8 Å². The Bertz CT molecular complexity index is 995. The lowest BCUT2D eigenvalue weighted by atomic mass is 10.3. The van der Waals surface area contributed by atoms with Gasteiger partial charge in [0.25, 0.3) is 0 Å². The van der Waals surface area contributed by atoms with E-state index < -0.39 is 0 Å². The number of benzene rings is 2. The number of amides is 1. The lowest BCUT2D eigenvalue weighted by Gasteiger charge is -2.24. The number of thiazole rings is 1. The minimum atomic E-state index is 0.108. The van der Waals surface area contributed by atoms with Gasteiger partial charge in [-0.3, -0.25) is 9.69 Å². The minimum Gasteiger partial charge on any atom is -0.486 e. The van der Waals surface area contributed by atoms with Gasteiger partial charge in [0.1, 0.15) is 13.2 Å². The molecule has 1 aromatic heterocycles. The first-order valence-corrected chi connectivity index (χ1v) is 12.9. The van der Waals surface area contributed by atoms with Gasteiger partial charge in [-0.1, -0.05) is 43.4 Å². The number of nitrogens with zero attached hydrogens (tertiary/aromatic N) is 3. The molecular weight excluding hydrogens is 442 g/mol. The number of carbonyl (C=O) groups is 1. The SMILES string of the molecule is CCN(CC)CCN(C(=O)CCSc1ccccc1)c1nc2cc3c(cc2s1)OCCO3. The molecule has 0 saturated heterocycles. The molecule has 0 radical (unpaired) electrons. The summed E-state index contributed by atoms with van der Waals surface area (Å²) in [6, 6.07) is 14.1. The summed E-state index contributed by atoms with van der Waals surface area (Å²) in [6.45, 7) is 8.77. The van der Waals surface area contributed by atoms with Crippen molar-refractivity contribution < 1.29 is 14.3 Å². The van der Waals surface area contributed by atoms with E-state index in [1.54, 1.807) is 11.8 Å². The van der Waals surface area contributed by atoms with Crippen LogP contribution in [0.4, 0.5) is 5.13 Å². The van der Waals surface area contributed by atoms with Crippen molar-refractivity contribution in [2.75, 3.05) is 50.0 Å². The van der Waals surface area contributed by atoms with E-state index in [-0.39, 0.29) is 5.91 Å². The summed E-state index contributed by atoms with van der Waals surface area (Å²) >= 11 is 3.24. The van der Waals surface area contributed by atoms with E-state index in [9.17, 15) is 4.79 Å². The van der Waals surface area contributed by atoms with Crippen LogP contribution in [0.3, 0.4) is 0 Å². The first-order chi connectivity index (χ1) is 15.7. The lowest BCUT2D eigenvalue weighted by Crippen LogP contribution is -2.39. The first kappa shape index (κ1) is 22.9. The average Bonchev–Trinajstić information content (AvgIpc) is 3.23. The summed E-state index contributed by atoms with van der Waals surface area (Å²) in [6.07, 6.45) is 0.469. The van der Waals surface area contributed by atoms with E-state index in [2.05, 4.69) is 30.9 Å². The summed E-state index contributed by atoms with van der Waals surface area (Å²) in [4.78, 5) is 23.4. The van der Waals surface area contributed by atoms with Gasteiger partial charge in [0.15, 0.2) is 16.6 Å². The topological polar surface area (TPSA) is 54.9 Å². The predicted octanol–water partition coefficient (Wildman–Crippen LogP) is 4.92. The molecule has 0 saturated carbocycles. The number of likely N-dealkylation sites (N-methyl/N-ethyl adjacent to an activating group) is 1. The first-order valence-electron chi connectivity index (χ1n) is 11.1. The Labute approximate surface area is 197 Å². The van der Waals surface area contributed by atoms with Crippen LogP contribution >= 0.6 is 23.1 Å². The molecule has 1 amide bonds. The quantitative estimate of drug-likeness (QED) is 0.391. The van der Waals surface area contributed by atoms with Crippen LogP contribution < -0.4 is 14.4 Å². The van der Waals surface area contributed by atoms with Crippen LogP contribution in [0.1, 0.15) is 20.3 Å². The van der Waals surface area contributed by atoms with E-state index in [4.69, 9.17) is 14.5 Å². The fraction of sp³-hybridized carbons (Fsp3) is 0.417. The molecule has 0 unspecified atom stereocenters. The number of fused-ring (bicyclic) bond motifs is 2. The molecule has 0 bridgehead atoms. The number of hydrogen-bond donors (Lipinski definition) is 0. The molecule has 32 heavy (non-hydrogen) atoms. The maximum atomic E-state index is 13.3. The van der Waals surface area contributed by atoms with Gasteiger partial charge in [0, 0.05) is 42.3 Å². The second kappa shape index (κ2) is 11.0. The molecule has 1 aliphatic heterocycles. The second-order valence-electron chi connectivity index (χ2n) is 7.44. The molecule has 6 nitrogen and oxygen atoms in total. The van der Waals surface area contributed by atoms with Crippen LogP contribution in [0, 0.1) is 0 Å². The Morgan fingerprint density at radius 3 is 2.50 bits per heavy atom. The smallest absolute Gasteiger partial charge is 0.229 e. The van der Waals surface area contributed by atoms with Gasteiger partial charge in [0.2, 0.25) is 5.91 Å². The highest BCUT2D eigenvalue weighted by Crippen LogP contribution is 2.39. The summed E-state index contributed by atoms with van der Waals surface area (Å²) in [5.74, 6) is 2.32. The zero-order valence-electron chi connectivity index (χ0n) is 18.6. The number of thioether (sulfide) groups is 1. The number of ether oxygens (including phenoxy) is 2. The van der Waals surface area contributed by atoms with E-state index in [1.165, 1.54) is 16.2 Å². The lowest BCUT2D eigenvalue weighted by molar-refractivity contribution is -0.118. The summed E-state index contributed by atoms with van der Waals surface area (Å²) in [5.41, 5.74) is 0.841. The molecule has 0 atom stereocenters. The molecule has 3 aromatic rings. The minimum absolute atomic E-state index is 0.108. The molecule has 1 aliphatic rings. The van der Waals surface area contributed by atoms with Gasteiger partial charge >= 0.3 is 0 Å². The number of carbonyl (C=O) groups excluding carboxylic acids is 1. The fourth-order valence-corrected chi connectivity index (χ4v) is 5.47. The third-order valence-corrected chi connectivity index (χ3v) is 7.49. The second-order valence-corrected chi connectivity index (χ2v) is 9.62. The molecular formula is C24H29N3O3S2. The van der Waals surface area contributed by atoms with Crippen LogP contribution in [0.2, 0.25) is 0 Å². The molecule has 0 fully saturated rings. The van der Waals surface area contributed by atoms with Crippen LogP contribution in [-0.4, -0.2) is 60.9 Å². The third kappa shape index (κ3) is 5.54. The molecule has 2 aromatic carbocycles. The van der Waals surface area contributed by atoms with Crippen molar-refractivity contribution in [2.45, 2.75) is 25.2 Å². The summed E-state index contributed by atoms with van der Waals surface area (Å²) in [7, 11) is 0. The highest BCUT2D eigenvalue weighted by atomic mass is 32.2. The van der Waals surface area contributed by atoms with Gasteiger partial charge in [-0.05, 0) is 25.2 Å². The van der Waals surface area contributed by atoms with Crippen LogP contribution in [0.15, 0.2) is 47.4 Å². The Kier molecular flexibility index (Phi) is 7.89. The Morgan fingerprint density at radius 2 is 1.78 bits per heavy atom. The standard InChI is InChI=1S/C24H29N3O3S2/c1-3-26(4-2)11-12-27(23(28)10-15-31-18-8-6-5-7-9-18)24-25-19-16-20-21(17-22(19)32-24)30-14-13-29-20/h5-9,16-17H,3-4,10-15H2,1-2H3. The van der Waals surface area contributed by atoms with Crippen molar-refractivity contribution in [3.8, 4) is 11.5 Å². The van der Waals surface area contributed by atoms with Crippen molar-refractivity contribution in [3.63, 3.8) is 0 Å². The van der Waals surface area contributed by atoms with Crippen LogP contribution in [-0.2, 0) is 4.79 Å². The Balaban J connectivity index is 1.51. The maximum absolute atomic E-state index is 13.3. The van der Waals surface area contributed by atoms with Crippen molar-refractivity contribution in [2.24, 2.45) is 0 Å². The molecule has 8 heteroatoms.